The van der Waals surface area contributed by atoms with Gasteiger partial charge in [0.1, 0.15) is 0 Å². The van der Waals surface area contributed by atoms with Crippen molar-refractivity contribution < 1.29 is 5.11 Å². The molecule has 1 N–H and O–H groups in total. The lowest BCUT2D eigenvalue weighted by Gasteiger charge is -2.32. The molecule has 3 nitrogen and oxygen atoms in total. The van der Waals surface area contributed by atoms with Crippen LogP contribution >= 0.6 is 0 Å². The first-order valence-corrected chi connectivity index (χ1v) is 7.37. The van der Waals surface area contributed by atoms with Crippen molar-refractivity contribution in [3.05, 3.63) is 35.4 Å². The van der Waals surface area contributed by atoms with Gasteiger partial charge in [0, 0.05) is 32.7 Å². The van der Waals surface area contributed by atoms with E-state index < -0.39 is 0 Å². The highest BCUT2D eigenvalue weighted by molar-refractivity contribution is 5.24. The topological polar surface area (TPSA) is 26.7 Å². The van der Waals surface area contributed by atoms with E-state index in [9.17, 15) is 5.11 Å². The van der Waals surface area contributed by atoms with Gasteiger partial charge in [-0.15, -0.1) is 0 Å². The van der Waals surface area contributed by atoms with E-state index in [0.717, 1.165) is 51.1 Å². The van der Waals surface area contributed by atoms with Crippen LogP contribution < -0.4 is 0 Å². The first-order chi connectivity index (χ1) is 9.19. The first kappa shape index (κ1) is 14.5. The minimum Gasteiger partial charge on any atom is -0.388 e. The third-order valence-corrected chi connectivity index (χ3v) is 4.09. The molecule has 106 valence electrons. The van der Waals surface area contributed by atoms with E-state index in [1.807, 2.05) is 0 Å². The van der Waals surface area contributed by atoms with Crippen molar-refractivity contribution in [1.82, 2.24) is 9.80 Å². The molecule has 0 spiro atoms. The molecule has 0 aromatic heterocycles. The third-order valence-electron chi connectivity index (χ3n) is 4.09. The molecule has 1 unspecified atom stereocenters. The fraction of sp³-hybridized carbons (Fsp3) is 0.625. The summed E-state index contributed by atoms with van der Waals surface area (Å²) in [5.41, 5.74) is 2.38. The van der Waals surface area contributed by atoms with E-state index in [2.05, 4.69) is 48.0 Å². The second-order valence-corrected chi connectivity index (χ2v) is 5.54. The van der Waals surface area contributed by atoms with Gasteiger partial charge in [0.25, 0.3) is 0 Å². The molecule has 19 heavy (non-hydrogen) atoms. The minimum atomic E-state index is -0.328. The summed E-state index contributed by atoms with van der Waals surface area (Å²) in [6.45, 7) is 7.67. The Balaban J connectivity index is 1.78. The monoisotopic (exact) mass is 262 g/mol. The Bertz CT molecular complexity index is 369. The summed E-state index contributed by atoms with van der Waals surface area (Å²) >= 11 is 0. The normalized spacial score (nSPS) is 19.5. The maximum atomic E-state index is 10.2. The molecule has 1 saturated heterocycles. The van der Waals surface area contributed by atoms with Crippen LogP contribution in [0.2, 0.25) is 0 Å². The van der Waals surface area contributed by atoms with Crippen molar-refractivity contribution in [2.45, 2.75) is 25.9 Å². The molecule has 1 fully saturated rings. The number of benzene rings is 1. The van der Waals surface area contributed by atoms with Crippen LogP contribution in [-0.2, 0) is 6.42 Å². The number of hydrogen-bond donors (Lipinski definition) is 1. The number of piperazine rings is 1. The smallest absolute Gasteiger partial charge is 0.0802 e. The zero-order valence-electron chi connectivity index (χ0n) is 12.2. The van der Waals surface area contributed by atoms with Crippen molar-refractivity contribution in [3.8, 4) is 0 Å². The van der Waals surface area contributed by atoms with E-state index in [-0.39, 0.29) is 6.10 Å². The molecule has 1 aromatic carbocycles. The largest absolute Gasteiger partial charge is 0.388 e. The summed E-state index contributed by atoms with van der Waals surface area (Å²) < 4.78 is 0. The fourth-order valence-electron chi connectivity index (χ4n) is 2.52. The van der Waals surface area contributed by atoms with E-state index >= 15 is 0 Å². The highest BCUT2D eigenvalue weighted by Crippen LogP contribution is 2.18. The Morgan fingerprint density at radius 2 is 1.74 bits per heavy atom. The number of aliphatic hydroxyl groups is 1. The Morgan fingerprint density at radius 1 is 1.11 bits per heavy atom. The average molecular weight is 262 g/mol. The molecule has 1 aliphatic rings. The molecule has 1 heterocycles. The third kappa shape index (κ3) is 4.30. The quantitative estimate of drug-likeness (QED) is 0.878. The van der Waals surface area contributed by atoms with Gasteiger partial charge >= 0.3 is 0 Å². The van der Waals surface area contributed by atoms with Gasteiger partial charge < -0.3 is 14.9 Å². The fourth-order valence-corrected chi connectivity index (χ4v) is 2.52. The molecule has 0 saturated carbocycles. The van der Waals surface area contributed by atoms with Gasteiger partial charge in [-0.2, -0.15) is 0 Å². The standard InChI is InChI=1S/C16H26N2O/c1-3-14-4-6-15(7-5-14)16(19)8-9-18-12-10-17(2)11-13-18/h4-7,16,19H,3,8-13H2,1-2H3. The molecule has 0 amide bonds. The number of nitrogens with zero attached hydrogens (tertiary/aromatic N) is 2. The number of hydrogen-bond acceptors (Lipinski definition) is 3. The SMILES string of the molecule is CCc1ccc(C(O)CCN2CCN(C)CC2)cc1. The van der Waals surface area contributed by atoms with Gasteiger partial charge in [0.2, 0.25) is 0 Å². The van der Waals surface area contributed by atoms with Gasteiger partial charge in [0.15, 0.2) is 0 Å². The number of rotatable bonds is 5. The van der Waals surface area contributed by atoms with Crippen LogP contribution in [0.3, 0.4) is 0 Å². The van der Waals surface area contributed by atoms with Crippen molar-refractivity contribution >= 4 is 0 Å². The van der Waals surface area contributed by atoms with Crippen LogP contribution in [0, 0.1) is 0 Å². The van der Waals surface area contributed by atoms with E-state index in [4.69, 9.17) is 0 Å². The lowest BCUT2D eigenvalue weighted by molar-refractivity contribution is 0.113. The second-order valence-electron chi connectivity index (χ2n) is 5.54. The summed E-state index contributed by atoms with van der Waals surface area (Å²) in [5, 5.41) is 10.2. The lowest BCUT2D eigenvalue weighted by Crippen LogP contribution is -2.44. The molecule has 2 rings (SSSR count). The van der Waals surface area contributed by atoms with Crippen LogP contribution in [0.5, 0.6) is 0 Å². The summed E-state index contributed by atoms with van der Waals surface area (Å²) in [7, 11) is 2.17. The van der Waals surface area contributed by atoms with Crippen molar-refractivity contribution in [2.75, 3.05) is 39.8 Å². The van der Waals surface area contributed by atoms with E-state index in [0.29, 0.717) is 0 Å². The highest BCUT2D eigenvalue weighted by Gasteiger charge is 2.15. The van der Waals surface area contributed by atoms with Crippen LogP contribution in [0.15, 0.2) is 24.3 Å². The molecular weight excluding hydrogens is 236 g/mol. The summed E-state index contributed by atoms with van der Waals surface area (Å²) in [4.78, 5) is 4.81. The van der Waals surface area contributed by atoms with Gasteiger partial charge in [-0.1, -0.05) is 31.2 Å². The molecule has 0 bridgehead atoms. The number of aryl methyl sites for hydroxylation is 1. The molecular formula is C16H26N2O. The molecule has 3 heteroatoms. The van der Waals surface area contributed by atoms with Crippen LogP contribution in [-0.4, -0.2) is 54.7 Å². The zero-order valence-corrected chi connectivity index (χ0v) is 12.2. The lowest BCUT2D eigenvalue weighted by atomic mass is 10.0. The minimum absolute atomic E-state index is 0.328. The Morgan fingerprint density at radius 3 is 2.32 bits per heavy atom. The average Bonchev–Trinajstić information content (AvgIpc) is 2.46. The molecule has 1 aromatic rings. The molecule has 0 radical (unpaired) electrons. The first-order valence-electron chi connectivity index (χ1n) is 7.37. The predicted molar refractivity (Wildman–Crippen MR) is 79.3 cm³/mol. The Hall–Kier alpha value is -0.900. The van der Waals surface area contributed by atoms with E-state index in [1.54, 1.807) is 0 Å². The molecule has 1 atom stereocenters. The van der Waals surface area contributed by atoms with Crippen LogP contribution in [0.25, 0.3) is 0 Å². The van der Waals surface area contributed by atoms with Crippen molar-refractivity contribution in [2.24, 2.45) is 0 Å². The predicted octanol–water partition coefficient (Wildman–Crippen LogP) is 1.92. The van der Waals surface area contributed by atoms with E-state index in [1.165, 1.54) is 5.56 Å². The zero-order chi connectivity index (χ0) is 13.7. The summed E-state index contributed by atoms with van der Waals surface area (Å²) in [5.74, 6) is 0. The van der Waals surface area contributed by atoms with Crippen LogP contribution in [0.1, 0.15) is 30.6 Å². The van der Waals surface area contributed by atoms with Crippen molar-refractivity contribution in [1.29, 1.82) is 0 Å². The van der Waals surface area contributed by atoms with Crippen LogP contribution in [0.4, 0.5) is 0 Å². The maximum Gasteiger partial charge on any atom is 0.0802 e. The van der Waals surface area contributed by atoms with Crippen molar-refractivity contribution in [3.63, 3.8) is 0 Å². The summed E-state index contributed by atoms with van der Waals surface area (Å²) in [6, 6.07) is 8.36. The second kappa shape index (κ2) is 7.04. The maximum absolute atomic E-state index is 10.2. The van der Waals surface area contributed by atoms with Gasteiger partial charge in [-0.25, -0.2) is 0 Å². The van der Waals surface area contributed by atoms with Gasteiger partial charge in [0.05, 0.1) is 6.10 Å². The Labute approximate surface area is 116 Å². The molecule has 1 aliphatic heterocycles. The summed E-state index contributed by atoms with van der Waals surface area (Å²) in [6.07, 6.45) is 1.55. The van der Waals surface area contributed by atoms with Gasteiger partial charge in [-0.3, -0.25) is 0 Å². The van der Waals surface area contributed by atoms with Gasteiger partial charge in [-0.05, 0) is 31.0 Å². The molecule has 0 aliphatic carbocycles. The Kier molecular flexibility index (Phi) is 5.37. The number of aliphatic hydroxyl groups excluding tert-OH is 1. The highest BCUT2D eigenvalue weighted by atomic mass is 16.3. The number of likely N-dealkylation sites (N-methyl/N-ethyl adjacent to an activating group) is 1.